The number of nitrogens with zero attached hydrogens (tertiary/aromatic N) is 1. The second-order valence-electron chi connectivity index (χ2n) is 6.67. The first-order valence-electron chi connectivity index (χ1n) is 8.54. The number of hydrogen-bond acceptors (Lipinski definition) is 4. The van der Waals surface area contributed by atoms with Crippen LogP contribution in [0.3, 0.4) is 0 Å². The van der Waals surface area contributed by atoms with Gasteiger partial charge in [-0.2, -0.15) is 8.42 Å². The van der Waals surface area contributed by atoms with E-state index < -0.39 is 16.1 Å². The molecule has 1 fully saturated rings. The standard InChI is InChI=1S/C19H22N2O4S/c1-14(11-15-5-3-2-4-6-15)12-16-7-8-17(18(22)13-16)21-10-9-19(23)20-26(21,24)25/h2-8,13-14,22H,9-12H2,1H3,(H,20,23). The summed E-state index contributed by atoms with van der Waals surface area (Å²) in [5.41, 5.74) is 2.38. The zero-order chi connectivity index (χ0) is 18.7. The number of rotatable bonds is 5. The largest absolute Gasteiger partial charge is 0.506 e. The van der Waals surface area contributed by atoms with Crippen molar-refractivity contribution in [1.82, 2.24) is 4.72 Å². The molecule has 7 heteroatoms. The van der Waals surface area contributed by atoms with Gasteiger partial charge in [0.1, 0.15) is 5.75 Å². The highest BCUT2D eigenvalue weighted by atomic mass is 32.2. The van der Waals surface area contributed by atoms with Crippen LogP contribution >= 0.6 is 0 Å². The quantitative estimate of drug-likeness (QED) is 0.841. The lowest BCUT2D eigenvalue weighted by Crippen LogP contribution is -2.50. The smallest absolute Gasteiger partial charge is 0.326 e. The maximum Gasteiger partial charge on any atom is 0.326 e. The predicted octanol–water partition coefficient (Wildman–Crippen LogP) is 2.38. The van der Waals surface area contributed by atoms with Gasteiger partial charge in [-0.05, 0) is 42.0 Å². The highest BCUT2D eigenvalue weighted by molar-refractivity contribution is 7.91. The summed E-state index contributed by atoms with van der Waals surface area (Å²) in [4.78, 5) is 11.3. The van der Waals surface area contributed by atoms with Gasteiger partial charge >= 0.3 is 10.2 Å². The van der Waals surface area contributed by atoms with Crippen molar-refractivity contribution in [1.29, 1.82) is 0 Å². The molecular weight excluding hydrogens is 352 g/mol. The Kier molecular flexibility index (Phi) is 5.18. The van der Waals surface area contributed by atoms with Crippen molar-refractivity contribution in [2.45, 2.75) is 26.2 Å². The summed E-state index contributed by atoms with van der Waals surface area (Å²) >= 11 is 0. The number of phenolic OH excluding ortho intramolecular Hbond substituents is 1. The Morgan fingerprint density at radius 1 is 1.12 bits per heavy atom. The molecule has 0 spiro atoms. The molecule has 138 valence electrons. The van der Waals surface area contributed by atoms with Crippen LogP contribution < -0.4 is 9.03 Å². The van der Waals surface area contributed by atoms with Gasteiger partial charge in [-0.3, -0.25) is 4.79 Å². The van der Waals surface area contributed by atoms with Crippen LogP contribution in [-0.2, 0) is 27.8 Å². The molecule has 26 heavy (non-hydrogen) atoms. The molecule has 2 N–H and O–H groups in total. The monoisotopic (exact) mass is 374 g/mol. The minimum absolute atomic E-state index is 0.0193. The fourth-order valence-corrected chi connectivity index (χ4v) is 4.47. The lowest BCUT2D eigenvalue weighted by molar-refractivity contribution is -0.119. The number of anilines is 1. The number of phenols is 1. The van der Waals surface area contributed by atoms with Crippen LogP contribution in [-0.4, -0.2) is 26.0 Å². The predicted molar refractivity (Wildman–Crippen MR) is 100 cm³/mol. The Labute approximate surface area is 153 Å². The van der Waals surface area contributed by atoms with Gasteiger partial charge < -0.3 is 5.11 Å². The molecule has 0 saturated carbocycles. The van der Waals surface area contributed by atoms with Crippen LogP contribution in [0.4, 0.5) is 5.69 Å². The van der Waals surface area contributed by atoms with Gasteiger partial charge in [-0.25, -0.2) is 9.03 Å². The molecule has 6 nitrogen and oxygen atoms in total. The lowest BCUT2D eigenvalue weighted by Gasteiger charge is -2.28. The second-order valence-corrected chi connectivity index (χ2v) is 8.27. The van der Waals surface area contributed by atoms with Crippen molar-refractivity contribution in [3.8, 4) is 5.75 Å². The molecular formula is C19H22N2O4S. The van der Waals surface area contributed by atoms with E-state index in [0.29, 0.717) is 5.92 Å². The van der Waals surface area contributed by atoms with E-state index in [4.69, 9.17) is 0 Å². The molecule has 1 heterocycles. The third-order valence-corrected chi connectivity index (χ3v) is 5.84. The van der Waals surface area contributed by atoms with Crippen molar-refractivity contribution in [3.05, 3.63) is 59.7 Å². The first-order valence-corrected chi connectivity index (χ1v) is 9.98. The fourth-order valence-electron chi connectivity index (χ4n) is 3.22. The molecule has 1 atom stereocenters. The molecule has 1 aliphatic rings. The average molecular weight is 374 g/mol. The molecule has 0 aliphatic carbocycles. The normalized spacial score (nSPS) is 17.6. The van der Waals surface area contributed by atoms with Crippen molar-refractivity contribution < 1.29 is 18.3 Å². The molecule has 1 saturated heterocycles. The molecule has 0 bridgehead atoms. The van der Waals surface area contributed by atoms with E-state index >= 15 is 0 Å². The molecule has 2 aromatic rings. The zero-order valence-electron chi connectivity index (χ0n) is 14.6. The van der Waals surface area contributed by atoms with E-state index in [2.05, 4.69) is 19.1 Å². The van der Waals surface area contributed by atoms with E-state index in [1.54, 1.807) is 12.1 Å². The topological polar surface area (TPSA) is 86.7 Å². The lowest BCUT2D eigenvalue weighted by atomic mass is 9.94. The van der Waals surface area contributed by atoms with Crippen LogP contribution in [0, 0.1) is 5.92 Å². The number of amides is 1. The van der Waals surface area contributed by atoms with Crippen LogP contribution in [0.1, 0.15) is 24.5 Å². The summed E-state index contributed by atoms with van der Waals surface area (Å²) in [6.45, 7) is 2.16. The van der Waals surface area contributed by atoms with Crippen LogP contribution in [0.25, 0.3) is 0 Å². The van der Waals surface area contributed by atoms with Crippen molar-refractivity contribution in [2.24, 2.45) is 5.92 Å². The SMILES string of the molecule is CC(Cc1ccccc1)Cc1ccc(N2CCC(=O)NS2(=O)=O)c(O)c1. The first kappa shape index (κ1) is 18.3. The summed E-state index contributed by atoms with van der Waals surface area (Å²) in [7, 11) is -3.95. The number of benzene rings is 2. The highest BCUT2D eigenvalue weighted by Crippen LogP contribution is 2.32. The van der Waals surface area contributed by atoms with Crippen LogP contribution in [0.15, 0.2) is 48.5 Å². The molecule has 1 unspecified atom stereocenters. The second kappa shape index (κ2) is 7.37. The average Bonchev–Trinajstić information content (AvgIpc) is 2.56. The van der Waals surface area contributed by atoms with Gasteiger partial charge in [0, 0.05) is 13.0 Å². The van der Waals surface area contributed by atoms with E-state index in [-0.39, 0.29) is 24.4 Å². The van der Waals surface area contributed by atoms with Crippen molar-refractivity contribution in [2.75, 3.05) is 10.8 Å². The minimum Gasteiger partial charge on any atom is -0.506 e. The maximum atomic E-state index is 12.1. The van der Waals surface area contributed by atoms with Gasteiger partial charge in [0.25, 0.3) is 0 Å². The summed E-state index contributed by atoms with van der Waals surface area (Å²) < 4.78 is 27.2. The summed E-state index contributed by atoms with van der Waals surface area (Å²) in [6, 6.07) is 15.2. The molecule has 0 radical (unpaired) electrons. The van der Waals surface area contributed by atoms with Crippen LogP contribution in [0.2, 0.25) is 0 Å². The van der Waals surface area contributed by atoms with Crippen LogP contribution in [0.5, 0.6) is 5.75 Å². The Balaban J connectivity index is 1.72. The van der Waals surface area contributed by atoms with Crippen molar-refractivity contribution in [3.63, 3.8) is 0 Å². The van der Waals surface area contributed by atoms with E-state index in [1.807, 2.05) is 29.0 Å². The van der Waals surface area contributed by atoms with Gasteiger partial charge in [-0.15, -0.1) is 0 Å². The van der Waals surface area contributed by atoms with Gasteiger partial charge in [0.05, 0.1) is 5.69 Å². The van der Waals surface area contributed by atoms with E-state index in [0.717, 1.165) is 22.7 Å². The number of hydrogen-bond donors (Lipinski definition) is 2. The summed E-state index contributed by atoms with van der Waals surface area (Å²) in [6.07, 6.45) is 1.76. The number of carbonyl (C=O) groups is 1. The van der Waals surface area contributed by atoms with Gasteiger partial charge in [0.15, 0.2) is 0 Å². The zero-order valence-corrected chi connectivity index (χ0v) is 15.4. The Morgan fingerprint density at radius 3 is 2.46 bits per heavy atom. The van der Waals surface area contributed by atoms with Crippen molar-refractivity contribution >= 4 is 21.8 Å². The third-order valence-electron chi connectivity index (χ3n) is 4.39. The minimum atomic E-state index is -3.95. The summed E-state index contributed by atoms with van der Waals surface area (Å²) in [5, 5.41) is 10.3. The highest BCUT2D eigenvalue weighted by Gasteiger charge is 2.31. The Morgan fingerprint density at radius 2 is 1.81 bits per heavy atom. The number of aromatic hydroxyl groups is 1. The maximum absolute atomic E-state index is 12.1. The third kappa shape index (κ3) is 4.16. The molecule has 2 aromatic carbocycles. The first-order chi connectivity index (χ1) is 12.3. The molecule has 1 amide bonds. The Bertz CT molecular complexity index is 897. The van der Waals surface area contributed by atoms with E-state index in [1.165, 1.54) is 5.56 Å². The number of carbonyl (C=O) groups excluding carboxylic acids is 1. The number of nitrogens with one attached hydrogen (secondary N) is 1. The Hall–Kier alpha value is -2.54. The molecule has 1 aliphatic heterocycles. The fraction of sp³-hybridized carbons (Fsp3) is 0.316. The molecule has 0 aromatic heterocycles. The van der Waals surface area contributed by atoms with E-state index in [9.17, 15) is 18.3 Å². The van der Waals surface area contributed by atoms with Gasteiger partial charge in [0.2, 0.25) is 5.91 Å². The molecule has 3 rings (SSSR count). The summed E-state index contributed by atoms with van der Waals surface area (Å²) in [5.74, 6) is -0.262. The van der Waals surface area contributed by atoms with Gasteiger partial charge in [-0.1, -0.05) is 43.3 Å².